The summed E-state index contributed by atoms with van der Waals surface area (Å²) in [7, 11) is 1.56. The van der Waals surface area contributed by atoms with Gasteiger partial charge in [0.05, 0.1) is 47.1 Å². The molecule has 35 heavy (non-hydrogen) atoms. The van der Waals surface area contributed by atoms with Crippen molar-refractivity contribution in [3.63, 3.8) is 0 Å². The Bertz CT molecular complexity index is 1400. The van der Waals surface area contributed by atoms with Gasteiger partial charge in [0.25, 0.3) is 5.91 Å². The van der Waals surface area contributed by atoms with Gasteiger partial charge in [-0.1, -0.05) is 30.7 Å². The van der Waals surface area contributed by atoms with E-state index in [1.807, 2.05) is 37.3 Å². The van der Waals surface area contributed by atoms with Crippen LogP contribution in [0.25, 0.3) is 10.9 Å². The molecule has 0 saturated heterocycles. The van der Waals surface area contributed by atoms with E-state index >= 15 is 0 Å². The largest absolute Gasteiger partial charge is 0.495 e. The molecule has 176 valence electrons. The molecule has 2 heterocycles. The van der Waals surface area contributed by atoms with Crippen LogP contribution < -0.4 is 10.2 Å². The van der Waals surface area contributed by atoms with E-state index in [2.05, 4.69) is 21.5 Å². The first-order chi connectivity index (χ1) is 17.0. The molecule has 7 nitrogen and oxygen atoms in total. The Morgan fingerprint density at radius 2 is 2.03 bits per heavy atom. The van der Waals surface area contributed by atoms with E-state index in [0.717, 1.165) is 34.1 Å². The Kier molecular flexibility index (Phi) is 7.56. The second kappa shape index (κ2) is 11.0. The van der Waals surface area contributed by atoms with Crippen molar-refractivity contribution in [1.29, 1.82) is 5.26 Å². The molecule has 0 radical (unpaired) electrons. The average Bonchev–Trinajstić information content (AvgIpc) is 2.90. The molecule has 0 atom stereocenters. The lowest BCUT2D eigenvalue weighted by Gasteiger charge is -2.24. The summed E-state index contributed by atoms with van der Waals surface area (Å²) in [5.41, 5.74) is 7.54. The highest BCUT2D eigenvalue weighted by molar-refractivity contribution is 6.32. The zero-order valence-electron chi connectivity index (χ0n) is 19.5. The lowest BCUT2D eigenvalue weighted by Crippen LogP contribution is -2.42. The van der Waals surface area contributed by atoms with Crippen molar-refractivity contribution in [3.8, 4) is 11.8 Å². The van der Waals surface area contributed by atoms with Crippen LogP contribution in [0.4, 0.5) is 0 Å². The molecule has 8 heteroatoms. The van der Waals surface area contributed by atoms with Gasteiger partial charge in [-0.25, -0.2) is 5.43 Å². The molecule has 0 fully saturated rings. The number of benzene rings is 2. The number of carbonyl (C=O) groups excluding carboxylic acids is 1. The van der Waals surface area contributed by atoms with Gasteiger partial charge >= 0.3 is 0 Å². The van der Waals surface area contributed by atoms with Crippen LogP contribution in [0.1, 0.15) is 39.7 Å². The third-order valence-corrected chi connectivity index (χ3v) is 5.90. The quantitative estimate of drug-likeness (QED) is 0.350. The van der Waals surface area contributed by atoms with Gasteiger partial charge in [-0.3, -0.25) is 19.8 Å². The molecule has 2 aromatic heterocycles. The minimum absolute atomic E-state index is 0.250. The number of aromatic nitrogens is 2. The Hall–Kier alpha value is -3.99. The summed E-state index contributed by atoms with van der Waals surface area (Å²) in [5.74, 6) is 0.326. The zero-order chi connectivity index (χ0) is 24.8. The molecular formula is C27H24ClN5O2. The van der Waals surface area contributed by atoms with Crippen molar-refractivity contribution in [2.45, 2.75) is 26.4 Å². The summed E-state index contributed by atoms with van der Waals surface area (Å²) in [6, 6.07) is 18.6. The maximum atomic E-state index is 13.6. The molecule has 4 rings (SSSR count). The number of carbonyl (C=O) groups is 1. The van der Waals surface area contributed by atoms with Gasteiger partial charge in [0.2, 0.25) is 0 Å². The van der Waals surface area contributed by atoms with Crippen molar-refractivity contribution in [3.05, 3.63) is 100.0 Å². The van der Waals surface area contributed by atoms with Crippen LogP contribution in [0.3, 0.4) is 0 Å². The number of hydrogen-bond donors (Lipinski definition) is 1. The molecule has 2 aromatic carbocycles. The SMILES string of the molecule is CCc1cc(C#N)cc2cc(C(=O)N(Cc3ccccn3)NCc3ccc(OC)c(Cl)c3)cnc12. The van der Waals surface area contributed by atoms with Crippen LogP contribution in [0.2, 0.25) is 5.02 Å². The van der Waals surface area contributed by atoms with Crippen LogP contribution in [-0.4, -0.2) is 28.0 Å². The van der Waals surface area contributed by atoms with Gasteiger partial charge in [0.15, 0.2) is 0 Å². The monoisotopic (exact) mass is 485 g/mol. The number of hydrazine groups is 1. The molecule has 0 unspecified atom stereocenters. The lowest BCUT2D eigenvalue weighted by molar-refractivity contribution is 0.0630. The van der Waals surface area contributed by atoms with E-state index in [0.29, 0.717) is 28.4 Å². The first-order valence-corrected chi connectivity index (χ1v) is 11.5. The number of aryl methyl sites for hydroxylation is 1. The molecule has 0 aliphatic rings. The molecule has 4 aromatic rings. The Morgan fingerprint density at radius 3 is 2.71 bits per heavy atom. The highest BCUT2D eigenvalue weighted by Gasteiger charge is 2.19. The Labute approximate surface area is 208 Å². The van der Waals surface area contributed by atoms with E-state index in [9.17, 15) is 10.1 Å². The molecule has 0 aliphatic heterocycles. The van der Waals surface area contributed by atoms with Crippen LogP contribution in [0.5, 0.6) is 5.75 Å². The molecule has 1 amide bonds. The maximum Gasteiger partial charge on any atom is 0.269 e. The number of nitriles is 1. The van der Waals surface area contributed by atoms with Crippen LogP contribution in [0.15, 0.2) is 67.0 Å². The number of nitrogens with one attached hydrogen (secondary N) is 1. The molecular weight excluding hydrogens is 462 g/mol. The first kappa shape index (κ1) is 24.1. The number of amides is 1. The fourth-order valence-electron chi connectivity index (χ4n) is 3.79. The maximum absolute atomic E-state index is 13.6. The summed E-state index contributed by atoms with van der Waals surface area (Å²) < 4.78 is 5.22. The van der Waals surface area contributed by atoms with Gasteiger partial charge < -0.3 is 4.74 Å². The van der Waals surface area contributed by atoms with Crippen molar-refractivity contribution >= 4 is 28.4 Å². The van der Waals surface area contributed by atoms with E-state index in [1.54, 1.807) is 43.8 Å². The summed E-state index contributed by atoms with van der Waals surface area (Å²) >= 11 is 6.26. The second-order valence-electron chi connectivity index (χ2n) is 7.91. The van der Waals surface area contributed by atoms with Crippen LogP contribution >= 0.6 is 11.6 Å². The molecule has 0 bridgehead atoms. The zero-order valence-corrected chi connectivity index (χ0v) is 20.2. The standard InChI is InChI=1S/C27H24ClN5O2/c1-3-20-10-19(14-29)11-21-13-22(16-31-26(20)21)27(34)33(17-23-6-4-5-9-30-23)32-15-18-7-8-25(35-2)24(28)12-18/h4-13,16,32H,3,15,17H2,1-2H3. The number of ether oxygens (including phenoxy) is 1. The average molecular weight is 486 g/mol. The number of pyridine rings is 2. The highest BCUT2D eigenvalue weighted by Crippen LogP contribution is 2.25. The second-order valence-corrected chi connectivity index (χ2v) is 8.32. The van der Waals surface area contributed by atoms with Gasteiger partial charge in [-0.15, -0.1) is 0 Å². The van der Waals surface area contributed by atoms with E-state index < -0.39 is 0 Å². The number of halogens is 1. The normalized spacial score (nSPS) is 10.7. The summed E-state index contributed by atoms with van der Waals surface area (Å²) in [4.78, 5) is 22.5. The summed E-state index contributed by atoms with van der Waals surface area (Å²) in [6.07, 6.45) is 4.01. The van der Waals surface area contributed by atoms with Crippen LogP contribution in [0, 0.1) is 11.3 Å². The number of nitrogens with zero attached hydrogens (tertiary/aromatic N) is 4. The fourth-order valence-corrected chi connectivity index (χ4v) is 4.07. The summed E-state index contributed by atoms with van der Waals surface area (Å²) in [6.45, 7) is 2.63. The van der Waals surface area contributed by atoms with E-state index in [4.69, 9.17) is 16.3 Å². The van der Waals surface area contributed by atoms with Gasteiger partial charge in [0.1, 0.15) is 5.75 Å². The number of methoxy groups -OCH3 is 1. The van der Waals surface area contributed by atoms with Gasteiger partial charge in [0, 0.05) is 24.3 Å². The lowest BCUT2D eigenvalue weighted by atomic mass is 10.0. The van der Waals surface area contributed by atoms with Crippen molar-refractivity contribution in [1.82, 2.24) is 20.4 Å². The molecule has 0 spiro atoms. The molecule has 0 aliphatic carbocycles. The summed E-state index contributed by atoms with van der Waals surface area (Å²) in [5, 5.41) is 12.2. The van der Waals surface area contributed by atoms with Gasteiger partial charge in [-0.2, -0.15) is 5.26 Å². The molecule has 0 saturated carbocycles. The van der Waals surface area contributed by atoms with Crippen molar-refractivity contribution in [2.24, 2.45) is 0 Å². The number of rotatable bonds is 8. The number of hydrogen-bond acceptors (Lipinski definition) is 6. The van der Waals surface area contributed by atoms with E-state index in [-0.39, 0.29) is 12.5 Å². The fraction of sp³-hybridized carbons (Fsp3) is 0.185. The highest BCUT2D eigenvalue weighted by atomic mass is 35.5. The predicted molar refractivity (Wildman–Crippen MR) is 135 cm³/mol. The molecule has 1 N–H and O–H groups in total. The third kappa shape index (κ3) is 5.57. The van der Waals surface area contributed by atoms with Crippen molar-refractivity contribution in [2.75, 3.05) is 7.11 Å². The predicted octanol–water partition coefficient (Wildman–Crippen LogP) is 5.07. The topological polar surface area (TPSA) is 91.1 Å². The number of fused-ring (bicyclic) bond motifs is 1. The minimum atomic E-state index is -0.259. The van der Waals surface area contributed by atoms with Gasteiger partial charge in [-0.05, 0) is 60.0 Å². The van der Waals surface area contributed by atoms with E-state index in [1.165, 1.54) is 5.01 Å². The minimum Gasteiger partial charge on any atom is -0.495 e. The van der Waals surface area contributed by atoms with Crippen LogP contribution in [-0.2, 0) is 19.5 Å². The first-order valence-electron chi connectivity index (χ1n) is 11.1. The van der Waals surface area contributed by atoms with Crippen molar-refractivity contribution < 1.29 is 9.53 Å². The smallest absolute Gasteiger partial charge is 0.269 e. The Morgan fingerprint density at radius 1 is 1.17 bits per heavy atom. The third-order valence-electron chi connectivity index (χ3n) is 5.60. The Balaban J connectivity index is 1.64.